The predicted molar refractivity (Wildman–Crippen MR) is 59.4 cm³/mol. The number of aromatic nitrogens is 4. The van der Waals surface area contributed by atoms with Gasteiger partial charge in [-0.3, -0.25) is 4.68 Å². The first-order valence-corrected chi connectivity index (χ1v) is 5.14. The molecule has 2 rings (SSSR count). The van der Waals surface area contributed by atoms with Crippen LogP contribution in [0.2, 0.25) is 0 Å². The fraction of sp³-hybridized carbons (Fsp3) is 0.273. The minimum Gasteiger partial charge on any atom is -0.433 e. The molecule has 2 heterocycles. The second-order valence-corrected chi connectivity index (χ2v) is 3.67. The highest BCUT2D eigenvalue weighted by Crippen LogP contribution is 2.21. The van der Waals surface area contributed by atoms with Gasteiger partial charge in [0, 0.05) is 18.4 Å². The van der Waals surface area contributed by atoms with Crippen molar-refractivity contribution in [3.05, 3.63) is 30.5 Å². The fourth-order valence-corrected chi connectivity index (χ4v) is 1.24. The molecule has 2 aromatic rings. The van der Waals surface area contributed by atoms with Gasteiger partial charge in [0.25, 0.3) is 5.88 Å². The van der Waals surface area contributed by atoms with Crippen LogP contribution in [0.4, 0.5) is 0 Å². The summed E-state index contributed by atoms with van der Waals surface area (Å²) in [5.74, 6) is 0.731. The zero-order valence-corrected chi connectivity index (χ0v) is 9.53. The van der Waals surface area contributed by atoms with E-state index in [0.717, 1.165) is 0 Å². The molecule has 0 saturated heterocycles. The number of ether oxygens (including phenoxy) is 1. The molecule has 0 aliphatic heterocycles. The van der Waals surface area contributed by atoms with Crippen LogP contribution < -0.4 is 4.74 Å². The number of rotatable bonds is 3. The highest BCUT2D eigenvalue weighted by Gasteiger charge is 2.09. The molecule has 0 unspecified atom stereocenters. The lowest BCUT2D eigenvalue weighted by atomic mass is 10.4. The Morgan fingerprint density at radius 2 is 2.12 bits per heavy atom. The van der Waals surface area contributed by atoms with Crippen LogP contribution in [-0.4, -0.2) is 19.7 Å². The summed E-state index contributed by atoms with van der Waals surface area (Å²) in [5.41, 5.74) is 0.157. The van der Waals surface area contributed by atoms with E-state index in [1.54, 1.807) is 17.1 Å². The summed E-state index contributed by atoms with van der Waals surface area (Å²) in [6, 6.07) is 2.17. The standard InChI is InChI=1S/C11H11N5O/c1-8(2)16-7-9(6-15-16)17-11-10(5-12)13-3-4-14-11/h3-4,6-8H,1-2H3. The van der Waals surface area contributed by atoms with E-state index in [4.69, 9.17) is 10.00 Å². The van der Waals surface area contributed by atoms with Gasteiger partial charge in [-0.05, 0) is 13.8 Å². The van der Waals surface area contributed by atoms with Crippen LogP contribution >= 0.6 is 0 Å². The zero-order valence-electron chi connectivity index (χ0n) is 9.53. The minimum atomic E-state index is 0.157. The Kier molecular flexibility index (Phi) is 3.01. The largest absolute Gasteiger partial charge is 0.433 e. The Morgan fingerprint density at radius 3 is 2.76 bits per heavy atom. The summed E-state index contributed by atoms with van der Waals surface area (Å²) >= 11 is 0. The van der Waals surface area contributed by atoms with Crippen LogP contribution in [-0.2, 0) is 0 Å². The molecule has 0 bridgehead atoms. The molecule has 0 aliphatic rings. The second-order valence-electron chi connectivity index (χ2n) is 3.67. The van der Waals surface area contributed by atoms with Gasteiger partial charge < -0.3 is 4.74 Å². The third-order valence-corrected chi connectivity index (χ3v) is 2.09. The van der Waals surface area contributed by atoms with Crippen LogP contribution in [0.25, 0.3) is 0 Å². The van der Waals surface area contributed by atoms with Crippen LogP contribution in [0.5, 0.6) is 11.6 Å². The van der Waals surface area contributed by atoms with Crippen molar-refractivity contribution >= 4 is 0 Å². The van der Waals surface area contributed by atoms with Crippen LogP contribution in [0.3, 0.4) is 0 Å². The minimum absolute atomic E-state index is 0.157. The van der Waals surface area contributed by atoms with Gasteiger partial charge in [-0.15, -0.1) is 0 Å². The average Bonchev–Trinajstić information content (AvgIpc) is 2.78. The molecule has 0 N–H and O–H groups in total. The van der Waals surface area contributed by atoms with Gasteiger partial charge in [0.2, 0.25) is 5.69 Å². The third kappa shape index (κ3) is 2.39. The maximum absolute atomic E-state index is 8.84. The van der Waals surface area contributed by atoms with Crippen molar-refractivity contribution in [2.24, 2.45) is 0 Å². The lowest BCUT2D eigenvalue weighted by molar-refractivity contribution is 0.454. The van der Waals surface area contributed by atoms with Gasteiger partial charge in [-0.1, -0.05) is 0 Å². The average molecular weight is 229 g/mol. The molecule has 6 heteroatoms. The predicted octanol–water partition coefficient (Wildman–Crippen LogP) is 1.92. The van der Waals surface area contributed by atoms with Gasteiger partial charge in [-0.2, -0.15) is 10.4 Å². The van der Waals surface area contributed by atoms with E-state index < -0.39 is 0 Å². The van der Waals surface area contributed by atoms with Crippen molar-refractivity contribution in [1.29, 1.82) is 5.26 Å². The quantitative estimate of drug-likeness (QED) is 0.803. The normalized spacial score (nSPS) is 10.2. The molecule has 0 saturated carbocycles. The highest BCUT2D eigenvalue weighted by molar-refractivity contribution is 5.33. The number of nitrogens with zero attached hydrogens (tertiary/aromatic N) is 5. The van der Waals surface area contributed by atoms with E-state index in [1.165, 1.54) is 12.4 Å². The highest BCUT2D eigenvalue weighted by atomic mass is 16.5. The van der Waals surface area contributed by atoms with Gasteiger partial charge in [0.15, 0.2) is 5.75 Å². The molecular formula is C11H11N5O. The molecule has 86 valence electrons. The maximum atomic E-state index is 8.84. The lowest BCUT2D eigenvalue weighted by Crippen LogP contribution is -1.99. The van der Waals surface area contributed by atoms with E-state index in [1.807, 2.05) is 19.9 Å². The first-order valence-electron chi connectivity index (χ1n) is 5.14. The van der Waals surface area contributed by atoms with Crippen molar-refractivity contribution in [2.45, 2.75) is 19.9 Å². The van der Waals surface area contributed by atoms with E-state index in [9.17, 15) is 0 Å². The van der Waals surface area contributed by atoms with Crippen molar-refractivity contribution in [3.8, 4) is 17.7 Å². The summed E-state index contributed by atoms with van der Waals surface area (Å²) in [7, 11) is 0. The molecule has 0 spiro atoms. The van der Waals surface area contributed by atoms with Crippen LogP contribution in [0, 0.1) is 11.3 Å². The molecule has 0 aromatic carbocycles. The molecule has 0 amide bonds. The maximum Gasteiger partial charge on any atom is 0.256 e. The molecular weight excluding hydrogens is 218 g/mol. The van der Waals surface area contributed by atoms with Crippen LogP contribution in [0.15, 0.2) is 24.8 Å². The molecule has 6 nitrogen and oxygen atoms in total. The Morgan fingerprint density at radius 1 is 1.35 bits per heavy atom. The van der Waals surface area contributed by atoms with Crippen molar-refractivity contribution in [1.82, 2.24) is 19.7 Å². The summed E-state index contributed by atoms with van der Waals surface area (Å²) in [6.07, 6.45) is 6.25. The fourth-order valence-electron chi connectivity index (χ4n) is 1.24. The van der Waals surface area contributed by atoms with Gasteiger partial charge >= 0.3 is 0 Å². The van der Waals surface area contributed by atoms with Crippen LogP contribution in [0.1, 0.15) is 25.6 Å². The third-order valence-electron chi connectivity index (χ3n) is 2.09. The second kappa shape index (κ2) is 4.61. The Hall–Kier alpha value is -2.42. The summed E-state index contributed by atoms with van der Waals surface area (Å²) < 4.78 is 7.21. The lowest BCUT2D eigenvalue weighted by Gasteiger charge is -2.03. The monoisotopic (exact) mass is 229 g/mol. The number of nitriles is 1. The van der Waals surface area contributed by atoms with Crippen molar-refractivity contribution in [3.63, 3.8) is 0 Å². The van der Waals surface area contributed by atoms with E-state index in [-0.39, 0.29) is 17.6 Å². The molecule has 0 fully saturated rings. The zero-order chi connectivity index (χ0) is 12.3. The number of hydrogen-bond donors (Lipinski definition) is 0. The van der Waals surface area contributed by atoms with E-state index >= 15 is 0 Å². The molecule has 17 heavy (non-hydrogen) atoms. The Bertz CT molecular complexity index is 555. The van der Waals surface area contributed by atoms with Gasteiger partial charge in [0.1, 0.15) is 6.07 Å². The molecule has 0 aliphatic carbocycles. The van der Waals surface area contributed by atoms with E-state index in [0.29, 0.717) is 5.75 Å². The molecule has 2 aromatic heterocycles. The van der Waals surface area contributed by atoms with Crippen molar-refractivity contribution in [2.75, 3.05) is 0 Å². The van der Waals surface area contributed by atoms with Gasteiger partial charge in [-0.25, -0.2) is 9.97 Å². The summed E-state index contributed by atoms with van der Waals surface area (Å²) in [6.45, 7) is 4.03. The van der Waals surface area contributed by atoms with Gasteiger partial charge in [0.05, 0.1) is 12.4 Å². The molecule has 0 radical (unpaired) electrons. The topological polar surface area (TPSA) is 76.6 Å². The number of hydrogen-bond acceptors (Lipinski definition) is 5. The van der Waals surface area contributed by atoms with E-state index in [2.05, 4.69) is 15.1 Å². The first kappa shape index (κ1) is 11.1. The smallest absolute Gasteiger partial charge is 0.256 e. The SMILES string of the molecule is CC(C)n1cc(Oc2nccnc2C#N)cn1. The van der Waals surface area contributed by atoms with Crippen molar-refractivity contribution < 1.29 is 4.74 Å². The first-order chi connectivity index (χ1) is 8.20. The summed E-state index contributed by atoms with van der Waals surface area (Å²) in [5, 5.41) is 13.0. The summed E-state index contributed by atoms with van der Waals surface area (Å²) in [4.78, 5) is 7.81. The Labute approximate surface area is 98.5 Å². The molecule has 0 atom stereocenters. The Balaban J connectivity index is 2.23.